The first-order valence-electron chi connectivity index (χ1n) is 8.37. The van der Waals surface area contributed by atoms with E-state index in [1.54, 1.807) is 41.3 Å². The average Bonchev–Trinajstić information content (AvgIpc) is 3.17. The van der Waals surface area contributed by atoms with Crippen LogP contribution >= 0.6 is 0 Å². The van der Waals surface area contributed by atoms with Crippen LogP contribution in [0.5, 0.6) is 11.5 Å². The maximum absolute atomic E-state index is 12.8. The second-order valence-electron chi connectivity index (χ2n) is 6.15. The third kappa shape index (κ3) is 3.65. The number of hydrogen-bond donors (Lipinski definition) is 1. The maximum Gasteiger partial charge on any atom is 0.254 e. The van der Waals surface area contributed by atoms with Gasteiger partial charge in [-0.05, 0) is 36.6 Å². The van der Waals surface area contributed by atoms with E-state index < -0.39 is 0 Å². The fourth-order valence-corrected chi connectivity index (χ4v) is 3.12. The van der Waals surface area contributed by atoms with E-state index >= 15 is 0 Å². The third-order valence-corrected chi connectivity index (χ3v) is 4.46. The Labute approximate surface area is 146 Å². The molecular formula is C20H21NO4. The number of likely N-dealkylation sites (tertiary alicyclic amines) is 1. The van der Waals surface area contributed by atoms with Crippen molar-refractivity contribution in [2.45, 2.75) is 19.3 Å². The molecule has 5 nitrogen and oxygen atoms in total. The number of phenols is 1. The molecule has 0 unspecified atom stereocenters. The number of benzene rings is 2. The van der Waals surface area contributed by atoms with Gasteiger partial charge in [0.25, 0.3) is 5.91 Å². The number of hydrogen-bond acceptors (Lipinski definition) is 4. The highest BCUT2D eigenvalue weighted by atomic mass is 16.5. The molecule has 1 aliphatic heterocycles. The monoisotopic (exact) mass is 339 g/mol. The lowest BCUT2D eigenvalue weighted by atomic mass is 9.97. The summed E-state index contributed by atoms with van der Waals surface area (Å²) in [5, 5.41) is 9.66. The molecule has 2 aromatic carbocycles. The van der Waals surface area contributed by atoms with E-state index in [1.807, 2.05) is 0 Å². The zero-order valence-corrected chi connectivity index (χ0v) is 14.2. The Hall–Kier alpha value is -2.82. The van der Waals surface area contributed by atoms with E-state index in [4.69, 9.17) is 4.74 Å². The van der Waals surface area contributed by atoms with Crippen molar-refractivity contribution >= 4 is 11.7 Å². The van der Waals surface area contributed by atoms with Crippen LogP contribution in [-0.4, -0.2) is 41.9 Å². The van der Waals surface area contributed by atoms with E-state index in [9.17, 15) is 14.7 Å². The number of Topliss-reactive ketones (excluding diaryl/α,β-unsaturated/α-hetero) is 1. The Balaban J connectivity index is 1.84. The molecule has 1 amide bonds. The summed E-state index contributed by atoms with van der Waals surface area (Å²) in [6, 6.07) is 11.8. The molecule has 2 aromatic rings. The van der Waals surface area contributed by atoms with Gasteiger partial charge in [0.05, 0.1) is 12.7 Å². The van der Waals surface area contributed by atoms with Gasteiger partial charge in [-0.2, -0.15) is 0 Å². The number of carbonyl (C=O) groups is 2. The Morgan fingerprint density at radius 2 is 1.76 bits per heavy atom. The number of ether oxygens (including phenoxy) is 1. The lowest BCUT2D eigenvalue weighted by Crippen LogP contribution is -2.29. The number of rotatable bonds is 5. The first-order valence-corrected chi connectivity index (χ1v) is 8.37. The summed E-state index contributed by atoms with van der Waals surface area (Å²) in [7, 11) is 1.46. The smallest absolute Gasteiger partial charge is 0.254 e. The quantitative estimate of drug-likeness (QED) is 0.850. The first-order chi connectivity index (χ1) is 12.1. The minimum atomic E-state index is -0.129. The number of carbonyl (C=O) groups excluding carboxylic acids is 2. The minimum absolute atomic E-state index is 0.0308. The van der Waals surface area contributed by atoms with Gasteiger partial charge in [0.15, 0.2) is 17.3 Å². The fraction of sp³-hybridized carbons (Fsp3) is 0.300. The predicted octanol–water partition coefficient (Wildman–Crippen LogP) is 3.06. The van der Waals surface area contributed by atoms with Gasteiger partial charge in [-0.15, -0.1) is 0 Å². The molecule has 0 spiro atoms. The lowest BCUT2D eigenvalue weighted by molar-refractivity contribution is 0.0786. The van der Waals surface area contributed by atoms with Crippen molar-refractivity contribution < 1.29 is 19.4 Å². The molecule has 0 bridgehead atoms. The number of nitrogens with zero attached hydrogens (tertiary/aromatic N) is 1. The van der Waals surface area contributed by atoms with Gasteiger partial charge < -0.3 is 14.7 Å². The molecule has 1 N–H and O–H groups in total. The average molecular weight is 339 g/mol. The highest BCUT2D eigenvalue weighted by Gasteiger charge is 2.24. The van der Waals surface area contributed by atoms with Gasteiger partial charge in [0.2, 0.25) is 0 Å². The molecule has 0 aromatic heterocycles. The van der Waals surface area contributed by atoms with E-state index in [0.29, 0.717) is 16.9 Å². The van der Waals surface area contributed by atoms with E-state index in [0.717, 1.165) is 31.5 Å². The van der Waals surface area contributed by atoms with Gasteiger partial charge >= 0.3 is 0 Å². The number of ketones is 1. The summed E-state index contributed by atoms with van der Waals surface area (Å²) in [5.41, 5.74) is 1.62. The normalized spacial score (nSPS) is 13.7. The molecule has 0 aliphatic carbocycles. The molecule has 25 heavy (non-hydrogen) atoms. The molecule has 1 heterocycles. The number of aromatic hydroxyl groups is 1. The zero-order chi connectivity index (χ0) is 17.8. The maximum atomic E-state index is 12.8. The van der Waals surface area contributed by atoms with Crippen LogP contribution in [0.1, 0.15) is 39.1 Å². The molecule has 0 radical (unpaired) electrons. The summed E-state index contributed by atoms with van der Waals surface area (Å²) in [6.45, 7) is 1.49. The Morgan fingerprint density at radius 1 is 1.08 bits per heavy atom. The number of methoxy groups -OCH3 is 1. The van der Waals surface area contributed by atoms with Crippen molar-refractivity contribution in [3.05, 3.63) is 59.2 Å². The van der Waals surface area contributed by atoms with Crippen LogP contribution in [-0.2, 0) is 6.42 Å². The standard InChI is InChI=1S/C20H21NO4/c1-25-19-13-14(8-9-17(19)22)12-18(23)15-6-2-3-7-16(15)20(24)21-10-4-5-11-21/h2-3,6-9,13,22H,4-5,10-12H2,1H3. The van der Waals surface area contributed by atoms with Gasteiger partial charge in [-0.1, -0.05) is 24.3 Å². The molecular weight excluding hydrogens is 318 g/mol. The van der Waals surface area contributed by atoms with Crippen molar-refractivity contribution in [2.24, 2.45) is 0 Å². The molecule has 0 atom stereocenters. The van der Waals surface area contributed by atoms with Gasteiger partial charge in [0, 0.05) is 25.1 Å². The van der Waals surface area contributed by atoms with Gasteiger partial charge in [-0.3, -0.25) is 9.59 Å². The topological polar surface area (TPSA) is 66.8 Å². The molecule has 0 saturated carbocycles. The SMILES string of the molecule is COc1cc(CC(=O)c2ccccc2C(=O)N2CCCC2)ccc1O. The largest absolute Gasteiger partial charge is 0.504 e. The predicted molar refractivity (Wildman–Crippen MR) is 94.3 cm³/mol. The second-order valence-corrected chi connectivity index (χ2v) is 6.15. The number of phenolic OH excluding ortho intramolecular Hbond substituents is 1. The van der Waals surface area contributed by atoms with Crippen molar-refractivity contribution in [1.29, 1.82) is 0 Å². The number of amides is 1. The van der Waals surface area contributed by atoms with E-state index in [-0.39, 0.29) is 23.9 Å². The molecule has 1 aliphatic rings. The molecule has 3 rings (SSSR count). The summed E-state index contributed by atoms with van der Waals surface area (Å²) < 4.78 is 5.08. The van der Waals surface area contributed by atoms with E-state index in [2.05, 4.69) is 0 Å². The highest BCUT2D eigenvalue weighted by Crippen LogP contribution is 2.27. The van der Waals surface area contributed by atoms with Gasteiger partial charge in [-0.25, -0.2) is 0 Å². The van der Waals surface area contributed by atoms with Crippen LogP contribution in [0.4, 0.5) is 0 Å². The fourth-order valence-electron chi connectivity index (χ4n) is 3.12. The van der Waals surface area contributed by atoms with Crippen molar-refractivity contribution in [3.8, 4) is 11.5 Å². The van der Waals surface area contributed by atoms with Gasteiger partial charge in [0.1, 0.15) is 0 Å². The second kappa shape index (κ2) is 7.38. The molecule has 1 fully saturated rings. The summed E-state index contributed by atoms with van der Waals surface area (Å²) in [5.74, 6) is 0.149. The van der Waals surface area contributed by atoms with Crippen LogP contribution < -0.4 is 4.74 Å². The summed E-state index contributed by atoms with van der Waals surface area (Å²) in [4.78, 5) is 27.3. The van der Waals surface area contributed by atoms with Crippen molar-refractivity contribution in [2.75, 3.05) is 20.2 Å². The lowest BCUT2D eigenvalue weighted by Gasteiger charge is -2.17. The Bertz CT molecular complexity index is 794. The molecule has 5 heteroatoms. The Morgan fingerprint density at radius 3 is 2.44 bits per heavy atom. The van der Waals surface area contributed by atoms with Crippen LogP contribution in [0.15, 0.2) is 42.5 Å². The van der Waals surface area contributed by atoms with Crippen molar-refractivity contribution in [1.82, 2.24) is 4.90 Å². The molecule has 1 saturated heterocycles. The molecule has 130 valence electrons. The minimum Gasteiger partial charge on any atom is -0.504 e. The first kappa shape index (κ1) is 17.0. The van der Waals surface area contributed by atoms with Crippen molar-refractivity contribution in [3.63, 3.8) is 0 Å². The third-order valence-electron chi connectivity index (χ3n) is 4.46. The van der Waals surface area contributed by atoms with Crippen LogP contribution in [0.2, 0.25) is 0 Å². The zero-order valence-electron chi connectivity index (χ0n) is 14.2. The van der Waals surface area contributed by atoms with E-state index in [1.165, 1.54) is 13.2 Å². The van der Waals surface area contributed by atoms with Crippen LogP contribution in [0.3, 0.4) is 0 Å². The summed E-state index contributed by atoms with van der Waals surface area (Å²) in [6.07, 6.45) is 2.16. The van der Waals surface area contributed by atoms with Crippen LogP contribution in [0, 0.1) is 0 Å². The van der Waals surface area contributed by atoms with Crippen LogP contribution in [0.25, 0.3) is 0 Å². The summed E-state index contributed by atoms with van der Waals surface area (Å²) >= 11 is 0. The Kier molecular flexibility index (Phi) is 5.03. The highest BCUT2D eigenvalue weighted by molar-refractivity contribution is 6.08.